The van der Waals surface area contributed by atoms with Crippen molar-refractivity contribution in [2.24, 2.45) is 5.92 Å². The molecule has 0 saturated carbocycles. The van der Waals surface area contributed by atoms with Crippen LogP contribution in [-0.2, 0) is 28.7 Å². The van der Waals surface area contributed by atoms with E-state index in [-0.39, 0.29) is 29.9 Å². The number of alkyl halides is 3. The Balaban J connectivity index is 1.67. The lowest BCUT2D eigenvalue weighted by Crippen LogP contribution is -2.44. The van der Waals surface area contributed by atoms with Gasteiger partial charge in [-0.15, -0.1) is 0 Å². The van der Waals surface area contributed by atoms with E-state index in [0.29, 0.717) is 25.7 Å². The minimum absolute atomic E-state index is 0.0634. The number of hydrogen-bond acceptors (Lipinski definition) is 4. The number of benzene rings is 2. The molecule has 3 rings (SSSR count). The predicted molar refractivity (Wildman–Crippen MR) is 115 cm³/mol. The molecule has 2 unspecified atom stereocenters. The van der Waals surface area contributed by atoms with Crippen LogP contribution in [0, 0.1) is 11.3 Å². The Morgan fingerprint density at radius 3 is 2.62 bits per heavy atom. The molecule has 0 bridgehead atoms. The number of halogens is 3. The van der Waals surface area contributed by atoms with E-state index in [9.17, 15) is 18.0 Å². The standard InChI is InChI=1S/C24H27F3N2O3/c1-15(2)9-22(32-19-8-7-17(12-28)21(11-19)24(25,26)27)23(30)29-13-20-10-16-5-3-4-6-18(16)14-31-20/h3-8,11-12,15,20,22,28H,9-10,13-14H2,1-2H3,(H,29,30). The van der Waals surface area contributed by atoms with Gasteiger partial charge in [0.2, 0.25) is 0 Å². The molecule has 0 saturated heterocycles. The Morgan fingerprint density at radius 2 is 1.97 bits per heavy atom. The van der Waals surface area contributed by atoms with E-state index < -0.39 is 23.8 Å². The molecule has 0 aliphatic carbocycles. The quantitative estimate of drug-likeness (QED) is 0.573. The highest BCUT2D eigenvalue weighted by molar-refractivity contribution is 5.82. The number of hydrogen-bond donors (Lipinski definition) is 2. The van der Waals surface area contributed by atoms with Crippen molar-refractivity contribution in [3.8, 4) is 5.75 Å². The highest BCUT2D eigenvalue weighted by Crippen LogP contribution is 2.34. The molecule has 2 atom stereocenters. The molecule has 1 amide bonds. The van der Waals surface area contributed by atoms with E-state index in [2.05, 4.69) is 5.32 Å². The third-order valence-electron chi connectivity index (χ3n) is 5.29. The summed E-state index contributed by atoms with van der Waals surface area (Å²) < 4.78 is 51.4. The molecule has 1 aliphatic heterocycles. The maximum atomic E-state index is 13.3. The molecule has 0 radical (unpaired) electrons. The van der Waals surface area contributed by atoms with Gasteiger partial charge in [-0.25, -0.2) is 0 Å². The third kappa shape index (κ3) is 6.09. The molecular formula is C24H27F3N2O3. The summed E-state index contributed by atoms with van der Waals surface area (Å²) in [5, 5.41) is 10.0. The summed E-state index contributed by atoms with van der Waals surface area (Å²) in [5.41, 5.74) is 1.08. The van der Waals surface area contributed by atoms with Crippen LogP contribution in [0.25, 0.3) is 0 Å². The number of amides is 1. The van der Waals surface area contributed by atoms with Crippen molar-refractivity contribution < 1.29 is 27.4 Å². The van der Waals surface area contributed by atoms with E-state index in [1.54, 1.807) is 0 Å². The van der Waals surface area contributed by atoms with E-state index in [0.717, 1.165) is 11.6 Å². The van der Waals surface area contributed by atoms with Gasteiger partial charge in [0.25, 0.3) is 5.91 Å². The van der Waals surface area contributed by atoms with E-state index >= 15 is 0 Å². The summed E-state index contributed by atoms with van der Waals surface area (Å²) in [7, 11) is 0. The maximum absolute atomic E-state index is 13.3. The second-order valence-electron chi connectivity index (χ2n) is 8.28. The van der Waals surface area contributed by atoms with Crippen LogP contribution in [0.15, 0.2) is 42.5 Å². The number of nitrogens with one attached hydrogen (secondary N) is 2. The molecule has 8 heteroatoms. The van der Waals surface area contributed by atoms with Crippen molar-refractivity contribution in [2.45, 2.75) is 51.7 Å². The lowest BCUT2D eigenvalue weighted by atomic mass is 9.99. The Kier molecular flexibility index (Phi) is 7.56. The van der Waals surface area contributed by atoms with E-state index in [1.807, 2.05) is 38.1 Å². The van der Waals surface area contributed by atoms with E-state index in [4.69, 9.17) is 14.9 Å². The molecule has 32 heavy (non-hydrogen) atoms. The molecule has 5 nitrogen and oxygen atoms in total. The van der Waals surface area contributed by atoms with Crippen LogP contribution in [0.1, 0.15) is 42.5 Å². The number of ether oxygens (including phenoxy) is 2. The maximum Gasteiger partial charge on any atom is 0.417 e. The number of rotatable bonds is 8. The van der Waals surface area contributed by atoms with Crippen molar-refractivity contribution in [3.05, 3.63) is 64.7 Å². The van der Waals surface area contributed by atoms with Crippen molar-refractivity contribution in [2.75, 3.05) is 6.54 Å². The van der Waals surface area contributed by atoms with Crippen LogP contribution in [0.4, 0.5) is 13.2 Å². The largest absolute Gasteiger partial charge is 0.481 e. The molecule has 2 N–H and O–H groups in total. The fourth-order valence-electron chi connectivity index (χ4n) is 3.65. The van der Waals surface area contributed by atoms with Crippen LogP contribution >= 0.6 is 0 Å². The zero-order chi connectivity index (χ0) is 23.3. The molecule has 0 aromatic heterocycles. The lowest BCUT2D eigenvalue weighted by Gasteiger charge is -2.27. The van der Waals surface area contributed by atoms with Gasteiger partial charge in [-0.3, -0.25) is 4.79 Å². The Hall–Kier alpha value is -2.87. The van der Waals surface area contributed by atoms with Crippen molar-refractivity contribution in [1.29, 1.82) is 5.41 Å². The average molecular weight is 448 g/mol. The average Bonchev–Trinajstić information content (AvgIpc) is 2.76. The van der Waals surface area contributed by atoms with Gasteiger partial charge in [0.05, 0.1) is 18.3 Å². The topological polar surface area (TPSA) is 71.4 Å². The summed E-state index contributed by atoms with van der Waals surface area (Å²) in [6.45, 7) is 4.57. The SMILES string of the molecule is CC(C)CC(Oc1ccc(C=N)c(C(F)(F)F)c1)C(=O)NCC1Cc2ccccc2CO1. The molecule has 1 heterocycles. The Bertz CT molecular complexity index is 960. The molecule has 172 valence electrons. The number of fused-ring (bicyclic) bond motifs is 1. The van der Waals surface area contributed by atoms with E-state index in [1.165, 1.54) is 17.7 Å². The van der Waals surface area contributed by atoms with Crippen LogP contribution in [0.3, 0.4) is 0 Å². The van der Waals surface area contributed by atoms with Gasteiger partial charge >= 0.3 is 6.18 Å². The molecule has 1 aliphatic rings. The fraction of sp³-hybridized carbons (Fsp3) is 0.417. The summed E-state index contributed by atoms with van der Waals surface area (Å²) in [6.07, 6.45) is -4.10. The lowest BCUT2D eigenvalue weighted by molar-refractivity contribution is -0.137. The normalized spacial score (nSPS) is 16.9. The van der Waals surface area contributed by atoms with Gasteiger partial charge < -0.3 is 20.2 Å². The Morgan fingerprint density at radius 1 is 1.25 bits per heavy atom. The molecular weight excluding hydrogens is 421 g/mol. The van der Waals surface area contributed by atoms with Crippen LogP contribution in [0.5, 0.6) is 5.75 Å². The first-order valence-electron chi connectivity index (χ1n) is 10.5. The van der Waals surface area contributed by atoms with Crippen LogP contribution in [0.2, 0.25) is 0 Å². The summed E-state index contributed by atoms with van der Waals surface area (Å²) in [4.78, 5) is 12.8. The first kappa shape index (κ1) is 23.8. The minimum Gasteiger partial charge on any atom is -0.481 e. The van der Waals surface area contributed by atoms with Crippen LogP contribution < -0.4 is 10.1 Å². The van der Waals surface area contributed by atoms with Crippen molar-refractivity contribution in [3.63, 3.8) is 0 Å². The Labute approximate surface area is 185 Å². The highest BCUT2D eigenvalue weighted by atomic mass is 19.4. The molecule has 0 spiro atoms. The summed E-state index contributed by atoms with van der Waals surface area (Å²) in [5.74, 6) is -0.371. The zero-order valence-electron chi connectivity index (χ0n) is 18.0. The molecule has 2 aromatic rings. The summed E-state index contributed by atoms with van der Waals surface area (Å²) in [6, 6.07) is 11.3. The predicted octanol–water partition coefficient (Wildman–Crippen LogP) is 4.75. The first-order chi connectivity index (χ1) is 15.2. The third-order valence-corrected chi connectivity index (χ3v) is 5.29. The smallest absolute Gasteiger partial charge is 0.417 e. The fourth-order valence-corrected chi connectivity index (χ4v) is 3.65. The van der Waals surface area contributed by atoms with Crippen molar-refractivity contribution in [1.82, 2.24) is 5.32 Å². The van der Waals surface area contributed by atoms with Gasteiger partial charge in [0.1, 0.15) is 5.75 Å². The summed E-state index contributed by atoms with van der Waals surface area (Å²) >= 11 is 0. The van der Waals surface area contributed by atoms with Crippen LogP contribution in [-0.4, -0.2) is 30.9 Å². The van der Waals surface area contributed by atoms with Gasteiger partial charge in [-0.1, -0.05) is 38.1 Å². The first-order valence-corrected chi connectivity index (χ1v) is 10.5. The minimum atomic E-state index is -4.63. The molecule has 2 aromatic carbocycles. The van der Waals surface area contributed by atoms with Gasteiger partial charge in [-0.05, 0) is 41.7 Å². The number of carbonyl (C=O) groups excluding carboxylic acids is 1. The van der Waals surface area contributed by atoms with Crippen molar-refractivity contribution >= 4 is 12.1 Å². The second-order valence-corrected chi connectivity index (χ2v) is 8.28. The van der Waals surface area contributed by atoms with Gasteiger partial charge in [0.15, 0.2) is 6.10 Å². The number of carbonyl (C=O) groups is 1. The monoisotopic (exact) mass is 448 g/mol. The van der Waals surface area contributed by atoms with Gasteiger partial charge in [-0.2, -0.15) is 13.2 Å². The second kappa shape index (κ2) is 10.2. The molecule has 0 fully saturated rings. The highest BCUT2D eigenvalue weighted by Gasteiger charge is 2.34. The van der Waals surface area contributed by atoms with Gasteiger partial charge in [0, 0.05) is 24.7 Å². The zero-order valence-corrected chi connectivity index (χ0v) is 18.0.